The van der Waals surface area contributed by atoms with Crippen molar-refractivity contribution in [3.8, 4) is 0 Å². The van der Waals surface area contributed by atoms with E-state index in [9.17, 15) is 0 Å². The average Bonchev–Trinajstić information content (AvgIpc) is 3.01. The average molecular weight is 461 g/mol. The second-order valence-electron chi connectivity index (χ2n) is 8.56. The molecular formula is C21H29BrN4OSi. The summed E-state index contributed by atoms with van der Waals surface area (Å²) in [6, 6.07) is 11.2. The van der Waals surface area contributed by atoms with Crippen LogP contribution in [0.4, 0.5) is 0 Å². The van der Waals surface area contributed by atoms with Crippen LogP contribution in [-0.2, 0) is 17.9 Å². The smallest absolute Gasteiger partial charge is 0.139 e. The lowest BCUT2D eigenvalue weighted by Gasteiger charge is -2.15. The lowest BCUT2D eigenvalue weighted by Crippen LogP contribution is -2.22. The summed E-state index contributed by atoms with van der Waals surface area (Å²) >= 11 is 3.41. The number of rotatable bonds is 8. The van der Waals surface area contributed by atoms with E-state index in [4.69, 9.17) is 10.5 Å². The topological polar surface area (TPSA) is 66.0 Å². The summed E-state index contributed by atoms with van der Waals surface area (Å²) in [5.74, 6) is 0. The Labute approximate surface area is 176 Å². The number of ether oxygens (including phenoxy) is 1. The fourth-order valence-electron chi connectivity index (χ4n) is 3.15. The molecule has 150 valence electrons. The molecule has 0 bridgehead atoms. The molecule has 3 rings (SSSR count). The van der Waals surface area contributed by atoms with Gasteiger partial charge in [-0.15, -0.1) is 0 Å². The number of nitrogens with two attached hydrogens (primary N) is 1. The number of aromatic nitrogens is 3. The van der Waals surface area contributed by atoms with E-state index >= 15 is 0 Å². The molecule has 0 spiro atoms. The minimum Gasteiger partial charge on any atom is -0.360 e. The summed E-state index contributed by atoms with van der Waals surface area (Å²) < 4.78 is 8.53. The highest BCUT2D eigenvalue weighted by atomic mass is 79.9. The van der Waals surface area contributed by atoms with Crippen LogP contribution in [-0.4, -0.2) is 29.4 Å². The van der Waals surface area contributed by atoms with Gasteiger partial charge in [0.25, 0.3) is 0 Å². The van der Waals surface area contributed by atoms with Crippen LogP contribution in [0, 0.1) is 6.92 Å². The molecule has 0 saturated heterocycles. The van der Waals surface area contributed by atoms with Crippen molar-refractivity contribution in [3.63, 3.8) is 0 Å². The van der Waals surface area contributed by atoms with E-state index in [2.05, 4.69) is 70.9 Å². The summed E-state index contributed by atoms with van der Waals surface area (Å²) in [7, 11) is -1.07. The molecule has 0 aliphatic rings. The van der Waals surface area contributed by atoms with Crippen molar-refractivity contribution in [2.45, 2.75) is 51.8 Å². The van der Waals surface area contributed by atoms with Gasteiger partial charge in [0.2, 0.25) is 0 Å². The maximum atomic E-state index is 6.39. The number of halogens is 1. The van der Waals surface area contributed by atoms with Crippen LogP contribution in [0.3, 0.4) is 0 Å². The van der Waals surface area contributed by atoms with Gasteiger partial charge in [0, 0.05) is 26.3 Å². The van der Waals surface area contributed by atoms with Gasteiger partial charge in [0.05, 0.1) is 17.3 Å². The number of pyridine rings is 1. The summed E-state index contributed by atoms with van der Waals surface area (Å²) in [5.41, 5.74) is 10.6. The molecule has 2 aromatic heterocycles. The number of hydrogen-bond acceptors (Lipinski definition) is 4. The molecule has 1 aromatic carbocycles. The van der Waals surface area contributed by atoms with Crippen LogP contribution in [0.1, 0.15) is 22.9 Å². The van der Waals surface area contributed by atoms with Crippen molar-refractivity contribution in [3.05, 3.63) is 58.0 Å². The summed E-state index contributed by atoms with van der Waals surface area (Å²) in [6.45, 7) is 10.5. The summed E-state index contributed by atoms with van der Waals surface area (Å²) in [5, 5.41) is 5.81. The minimum atomic E-state index is -1.07. The highest BCUT2D eigenvalue weighted by Gasteiger charge is 2.14. The van der Waals surface area contributed by atoms with Gasteiger partial charge in [0.15, 0.2) is 0 Å². The molecule has 5 nitrogen and oxygen atoms in total. The first-order chi connectivity index (χ1) is 13.2. The van der Waals surface area contributed by atoms with Crippen LogP contribution in [0.25, 0.3) is 10.9 Å². The van der Waals surface area contributed by atoms with Crippen molar-refractivity contribution in [1.29, 1.82) is 0 Å². The van der Waals surface area contributed by atoms with Gasteiger partial charge in [-0.1, -0.05) is 31.8 Å². The van der Waals surface area contributed by atoms with Gasteiger partial charge in [-0.25, -0.2) is 9.67 Å². The lowest BCUT2D eigenvalue weighted by atomic mass is 10.00. The Balaban J connectivity index is 1.70. The quantitative estimate of drug-likeness (QED) is 0.289. The predicted molar refractivity (Wildman–Crippen MR) is 121 cm³/mol. The van der Waals surface area contributed by atoms with Crippen LogP contribution < -0.4 is 5.73 Å². The van der Waals surface area contributed by atoms with E-state index in [1.807, 2.05) is 22.9 Å². The Hall–Kier alpha value is -1.54. The maximum Gasteiger partial charge on any atom is 0.139 e. The van der Waals surface area contributed by atoms with E-state index in [0.717, 1.165) is 39.8 Å². The van der Waals surface area contributed by atoms with Gasteiger partial charge < -0.3 is 10.5 Å². The van der Waals surface area contributed by atoms with Crippen LogP contribution in [0.5, 0.6) is 0 Å². The fraction of sp³-hybridized carbons (Fsp3) is 0.429. The van der Waals surface area contributed by atoms with Gasteiger partial charge in [0.1, 0.15) is 11.3 Å². The van der Waals surface area contributed by atoms with Crippen molar-refractivity contribution in [1.82, 2.24) is 14.8 Å². The zero-order valence-corrected chi connectivity index (χ0v) is 19.7. The van der Waals surface area contributed by atoms with E-state index in [-0.39, 0.29) is 6.04 Å². The van der Waals surface area contributed by atoms with Gasteiger partial charge >= 0.3 is 0 Å². The summed E-state index contributed by atoms with van der Waals surface area (Å²) in [4.78, 5) is 4.48. The number of hydrogen-bond donors (Lipinski definition) is 1. The molecule has 0 saturated carbocycles. The molecule has 2 N–H and O–H groups in total. The Morgan fingerprint density at radius 3 is 2.75 bits per heavy atom. The highest BCUT2D eigenvalue weighted by Crippen LogP contribution is 2.23. The summed E-state index contributed by atoms with van der Waals surface area (Å²) in [6.07, 6.45) is 2.79. The van der Waals surface area contributed by atoms with Gasteiger partial charge in [-0.2, -0.15) is 5.10 Å². The normalized spacial score (nSPS) is 13.2. The maximum absolute atomic E-state index is 6.39. The Bertz CT molecular complexity index is 951. The lowest BCUT2D eigenvalue weighted by molar-refractivity contribution is 0.0791. The minimum absolute atomic E-state index is 0.144. The molecule has 0 radical (unpaired) electrons. The van der Waals surface area contributed by atoms with Crippen molar-refractivity contribution >= 4 is 34.9 Å². The molecule has 0 amide bonds. The first-order valence-corrected chi connectivity index (χ1v) is 14.1. The molecule has 7 heteroatoms. The van der Waals surface area contributed by atoms with E-state index in [1.54, 1.807) is 0 Å². The SMILES string of the molecule is Cc1cc(CC(N)c2cccc(Br)n2)cc2cn(COCC[Si](C)(C)C)nc12. The zero-order chi connectivity index (χ0) is 20.3. The van der Waals surface area contributed by atoms with Crippen LogP contribution in [0.15, 0.2) is 41.1 Å². The second kappa shape index (κ2) is 8.86. The number of nitrogens with zero attached hydrogens (tertiary/aromatic N) is 3. The number of fused-ring (bicyclic) bond motifs is 1. The molecular weight excluding hydrogens is 432 g/mol. The molecule has 0 fully saturated rings. The van der Waals surface area contributed by atoms with E-state index < -0.39 is 8.07 Å². The van der Waals surface area contributed by atoms with Crippen LogP contribution >= 0.6 is 15.9 Å². The molecule has 1 unspecified atom stereocenters. The van der Waals surface area contributed by atoms with Crippen LogP contribution in [0.2, 0.25) is 25.7 Å². The highest BCUT2D eigenvalue weighted by molar-refractivity contribution is 9.10. The predicted octanol–water partition coefficient (Wildman–Crippen LogP) is 5.06. The number of aryl methyl sites for hydroxylation is 1. The first-order valence-electron chi connectivity index (χ1n) is 9.64. The third-order valence-electron chi connectivity index (χ3n) is 4.70. The molecule has 3 aromatic rings. The van der Waals surface area contributed by atoms with Crippen molar-refractivity contribution in [2.75, 3.05) is 6.61 Å². The second-order valence-corrected chi connectivity index (χ2v) is 15.0. The third kappa shape index (κ3) is 5.73. The van der Waals surface area contributed by atoms with Gasteiger partial charge in [-0.3, -0.25) is 0 Å². The van der Waals surface area contributed by atoms with E-state index in [0.29, 0.717) is 6.73 Å². The largest absolute Gasteiger partial charge is 0.360 e. The third-order valence-corrected chi connectivity index (χ3v) is 6.84. The molecule has 28 heavy (non-hydrogen) atoms. The number of benzene rings is 1. The molecule has 1 atom stereocenters. The Kier molecular flexibility index (Phi) is 6.70. The molecule has 2 heterocycles. The monoisotopic (exact) mass is 460 g/mol. The zero-order valence-electron chi connectivity index (χ0n) is 17.1. The standard InChI is InChI=1S/C21H29BrN4OSi/c1-15-10-16(12-18(23)19-6-5-7-20(22)24-19)11-17-13-26(25-21(15)17)14-27-8-9-28(2,3)4/h5-7,10-11,13,18H,8-9,12,14,23H2,1-4H3. The Morgan fingerprint density at radius 1 is 1.25 bits per heavy atom. The Morgan fingerprint density at radius 2 is 2.04 bits per heavy atom. The van der Waals surface area contributed by atoms with Crippen molar-refractivity contribution in [2.24, 2.45) is 5.73 Å². The van der Waals surface area contributed by atoms with Gasteiger partial charge in [-0.05, 0) is 64.6 Å². The molecule has 0 aliphatic heterocycles. The van der Waals surface area contributed by atoms with E-state index in [1.165, 1.54) is 11.6 Å². The first kappa shape index (κ1) is 21.2. The van der Waals surface area contributed by atoms with Crippen molar-refractivity contribution < 1.29 is 4.74 Å². The molecule has 0 aliphatic carbocycles. The fourth-order valence-corrected chi connectivity index (χ4v) is 4.26.